The van der Waals surface area contributed by atoms with Crippen LogP contribution in [0.4, 0.5) is 17.1 Å². The number of nitro groups is 1. The number of benzene rings is 5. The number of carbonyl (C=O) groups excluding carboxylic acids is 3. The van der Waals surface area contributed by atoms with Gasteiger partial charge in [0.2, 0.25) is 5.91 Å². The number of fused-ring (bicyclic) bond motifs is 1. The molecule has 0 saturated heterocycles. The number of hydrogen-bond donors (Lipinski definition) is 2. The van der Waals surface area contributed by atoms with E-state index < -0.39 is 10.8 Å². The molecule has 0 aliphatic carbocycles. The Bertz CT molecular complexity index is 2130. The molecular formula is C37H25N3O6. The van der Waals surface area contributed by atoms with Gasteiger partial charge >= 0.3 is 0 Å². The van der Waals surface area contributed by atoms with E-state index >= 15 is 0 Å². The zero-order chi connectivity index (χ0) is 32.0. The molecule has 1 heterocycles. The minimum atomic E-state index is -0.477. The average molecular weight is 608 g/mol. The summed E-state index contributed by atoms with van der Waals surface area (Å²) in [5.41, 5.74) is 2.35. The Morgan fingerprint density at radius 3 is 2.20 bits per heavy atom. The number of rotatable bonds is 9. The third-order valence-electron chi connectivity index (χ3n) is 7.22. The van der Waals surface area contributed by atoms with E-state index in [4.69, 9.17) is 4.42 Å². The van der Waals surface area contributed by atoms with Gasteiger partial charge in [0.1, 0.15) is 11.5 Å². The van der Waals surface area contributed by atoms with E-state index in [2.05, 4.69) is 10.6 Å². The molecule has 1 aromatic heterocycles. The van der Waals surface area contributed by atoms with E-state index in [0.29, 0.717) is 39.6 Å². The molecule has 0 atom stereocenters. The van der Waals surface area contributed by atoms with Gasteiger partial charge in [-0.3, -0.25) is 24.5 Å². The second-order valence-electron chi connectivity index (χ2n) is 10.3. The van der Waals surface area contributed by atoms with E-state index in [1.54, 1.807) is 78.9 Å². The lowest BCUT2D eigenvalue weighted by atomic mass is 10.0. The van der Waals surface area contributed by atoms with Crippen LogP contribution < -0.4 is 10.6 Å². The highest BCUT2D eigenvalue weighted by molar-refractivity contribution is 6.16. The van der Waals surface area contributed by atoms with Crippen molar-refractivity contribution in [2.75, 3.05) is 10.6 Å². The number of ketones is 1. The van der Waals surface area contributed by atoms with Crippen LogP contribution in [0.2, 0.25) is 0 Å². The summed E-state index contributed by atoms with van der Waals surface area (Å²) in [5.74, 6) is -0.288. The quantitative estimate of drug-likeness (QED) is 0.0738. The summed E-state index contributed by atoms with van der Waals surface area (Å²) < 4.78 is 5.76. The molecule has 6 aromatic rings. The highest BCUT2D eigenvalue weighted by Crippen LogP contribution is 2.27. The van der Waals surface area contributed by atoms with Crippen molar-refractivity contribution in [1.82, 2.24) is 0 Å². The van der Waals surface area contributed by atoms with Crippen LogP contribution in [0, 0.1) is 10.1 Å². The third-order valence-corrected chi connectivity index (χ3v) is 7.22. The topological polar surface area (TPSA) is 132 Å². The molecule has 224 valence electrons. The molecule has 9 heteroatoms. The summed E-state index contributed by atoms with van der Waals surface area (Å²) in [6, 6.07) is 35.8. The van der Waals surface area contributed by atoms with E-state index in [0.717, 1.165) is 10.8 Å². The van der Waals surface area contributed by atoms with Crippen LogP contribution in [0.5, 0.6) is 0 Å². The van der Waals surface area contributed by atoms with Crippen LogP contribution >= 0.6 is 0 Å². The highest BCUT2D eigenvalue weighted by atomic mass is 16.6. The maximum atomic E-state index is 13.6. The predicted molar refractivity (Wildman–Crippen MR) is 177 cm³/mol. The first-order valence-corrected chi connectivity index (χ1v) is 14.2. The average Bonchev–Trinajstić information content (AvgIpc) is 3.57. The molecule has 0 aliphatic rings. The Balaban J connectivity index is 1.20. The van der Waals surface area contributed by atoms with Crippen molar-refractivity contribution < 1.29 is 23.7 Å². The van der Waals surface area contributed by atoms with Crippen molar-refractivity contribution in [1.29, 1.82) is 0 Å². The fraction of sp³-hybridized carbons (Fsp3) is 0. The van der Waals surface area contributed by atoms with Gasteiger partial charge in [-0.05, 0) is 71.4 Å². The molecule has 0 saturated carbocycles. The second-order valence-corrected chi connectivity index (χ2v) is 10.3. The summed E-state index contributed by atoms with van der Waals surface area (Å²) in [4.78, 5) is 50.0. The number of furan rings is 1. The predicted octanol–water partition coefficient (Wildman–Crippen LogP) is 8.14. The lowest BCUT2D eigenvalue weighted by molar-refractivity contribution is -0.384. The van der Waals surface area contributed by atoms with Crippen molar-refractivity contribution in [3.8, 4) is 11.3 Å². The van der Waals surface area contributed by atoms with Gasteiger partial charge in [-0.15, -0.1) is 0 Å². The minimum absolute atomic E-state index is 0.0268. The van der Waals surface area contributed by atoms with E-state index in [1.165, 1.54) is 30.4 Å². The first-order chi connectivity index (χ1) is 22.3. The second kappa shape index (κ2) is 12.9. The Morgan fingerprint density at radius 1 is 0.696 bits per heavy atom. The smallest absolute Gasteiger partial charge is 0.269 e. The number of carbonyl (C=O) groups is 3. The third kappa shape index (κ3) is 6.63. The summed E-state index contributed by atoms with van der Waals surface area (Å²) in [7, 11) is 0. The molecule has 0 bridgehead atoms. The van der Waals surface area contributed by atoms with Crippen LogP contribution in [0.3, 0.4) is 0 Å². The Labute approximate surface area is 263 Å². The Kier molecular flexibility index (Phi) is 8.29. The van der Waals surface area contributed by atoms with Crippen LogP contribution in [0.1, 0.15) is 32.0 Å². The van der Waals surface area contributed by atoms with Gasteiger partial charge in [-0.1, -0.05) is 60.7 Å². The molecule has 0 radical (unpaired) electrons. The molecule has 0 fully saturated rings. The van der Waals surface area contributed by atoms with Gasteiger partial charge < -0.3 is 15.1 Å². The molecule has 2 N–H and O–H groups in total. The Morgan fingerprint density at radius 2 is 1.43 bits per heavy atom. The number of amides is 2. The molecule has 2 amide bonds. The summed E-state index contributed by atoms with van der Waals surface area (Å²) in [6.07, 6.45) is 2.77. The number of non-ortho nitro benzene ring substituents is 1. The maximum Gasteiger partial charge on any atom is 0.269 e. The van der Waals surface area contributed by atoms with Crippen molar-refractivity contribution in [2.45, 2.75) is 0 Å². The van der Waals surface area contributed by atoms with Gasteiger partial charge in [0.05, 0.1) is 10.6 Å². The number of anilines is 2. The number of nitrogens with zero attached hydrogens (tertiary/aromatic N) is 1. The molecule has 5 aromatic carbocycles. The van der Waals surface area contributed by atoms with Crippen molar-refractivity contribution >= 4 is 51.5 Å². The first-order valence-electron chi connectivity index (χ1n) is 14.2. The standard InChI is InChI=1S/C37H25N3O6/c41-35(21-18-31-17-20-34(46-31)25-12-15-30(16-13-25)40(44)45)38-29-14-19-33(32(23-29)36(42)26-7-2-1-3-8-26)39-37(43)28-11-10-24-6-4-5-9-27(24)22-28/h1-23H,(H,38,41)(H,39,43)/b21-18+. The van der Waals surface area contributed by atoms with Crippen molar-refractivity contribution in [2.24, 2.45) is 0 Å². The monoisotopic (exact) mass is 607 g/mol. The minimum Gasteiger partial charge on any atom is -0.457 e. The van der Waals surface area contributed by atoms with E-state index in [-0.39, 0.29) is 22.9 Å². The zero-order valence-corrected chi connectivity index (χ0v) is 24.2. The fourth-order valence-electron chi connectivity index (χ4n) is 4.88. The molecule has 6 rings (SSSR count). The number of nitro benzene ring substituents is 1. The first kappa shape index (κ1) is 29.5. The number of nitrogens with one attached hydrogen (secondary N) is 2. The van der Waals surface area contributed by atoms with Gasteiger partial charge in [-0.25, -0.2) is 0 Å². The highest BCUT2D eigenvalue weighted by Gasteiger charge is 2.18. The summed E-state index contributed by atoms with van der Waals surface area (Å²) in [6.45, 7) is 0. The van der Waals surface area contributed by atoms with E-state index in [9.17, 15) is 24.5 Å². The fourth-order valence-corrected chi connectivity index (χ4v) is 4.88. The molecule has 0 aliphatic heterocycles. The van der Waals surface area contributed by atoms with Crippen LogP contribution in [-0.2, 0) is 4.79 Å². The van der Waals surface area contributed by atoms with Crippen molar-refractivity contribution in [3.05, 3.63) is 166 Å². The normalized spacial score (nSPS) is 11.0. The van der Waals surface area contributed by atoms with Crippen LogP contribution in [-0.4, -0.2) is 22.5 Å². The summed E-state index contributed by atoms with van der Waals surface area (Å²) >= 11 is 0. The molecule has 9 nitrogen and oxygen atoms in total. The molecular weight excluding hydrogens is 582 g/mol. The van der Waals surface area contributed by atoms with Crippen LogP contribution in [0.15, 0.2) is 138 Å². The largest absolute Gasteiger partial charge is 0.457 e. The van der Waals surface area contributed by atoms with Crippen LogP contribution in [0.25, 0.3) is 28.2 Å². The molecule has 46 heavy (non-hydrogen) atoms. The molecule has 0 unspecified atom stereocenters. The van der Waals surface area contributed by atoms with Gasteiger partial charge in [0.25, 0.3) is 11.6 Å². The summed E-state index contributed by atoms with van der Waals surface area (Å²) in [5, 5.41) is 18.4. The SMILES string of the molecule is O=C(/C=C/c1ccc(-c2ccc([N+](=O)[O-])cc2)o1)Nc1ccc(NC(=O)c2ccc3ccccc3c2)c(C(=O)c2ccccc2)c1. The lowest BCUT2D eigenvalue weighted by Gasteiger charge is -2.13. The zero-order valence-electron chi connectivity index (χ0n) is 24.2. The molecule has 0 spiro atoms. The lowest BCUT2D eigenvalue weighted by Crippen LogP contribution is -2.16. The Hall–Kier alpha value is -6.61. The number of hydrogen-bond acceptors (Lipinski definition) is 6. The van der Waals surface area contributed by atoms with E-state index in [1.807, 2.05) is 30.3 Å². The maximum absolute atomic E-state index is 13.6. The van der Waals surface area contributed by atoms with Gasteiger partial charge in [0.15, 0.2) is 5.78 Å². The van der Waals surface area contributed by atoms with Gasteiger partial charge in [-0.2, -0.15) is 0 Å². The van der Waals surface area contributed by atoms with Gasteiger partial charge in [0, 0.05) is 46.1 Å². The van der Waals surface area contributed by atoms with Crippen molar-refractivity contribution in [3.63, 3.8) is 0 Å².